The lowest BCUT2D eigenvalue weighted by molar-refractivity contribution is 0.0819. The predicted molar refractivity (Wildman–Crippen MR) is 103 cm³/mol. The number of aryl methyl sites for hydroxylation is 2. The number of carbonyl (C=O) groups excluding carboxylic acids is 2. The number of rotatable bonds is 3. The molecule has 0 saturated carbocycles. The lowest BCUT2D eigenvalue weighted by atomic mass is 9.84. The van der Waals surface area contributed by atoms with Crippen molar-refractivity contribution in [2.45, 2.75) is 19.4 Å². The van der Waals surface area contributed by atoms with Gasteiger partial charge in [0.1, 0.15) is 0 Å². The van der Waals surface area contributed by atoms with Crippen molar-refractivity contribution in [2.75, 3.05) is 5.32 Å². The van der Waals surface area contributed by atoms with E-state index in [0.29, 0.717) is 16.7 Å². The van der Waals surface area contributed by atoms with Crippen molar-refractivity contribution in [3.8, 4) is 0 Å². The van der Waals surface area contributed by atoms with E-state index in [0.717, 1.165) is 16.8 Å². The molecule has 0 atom stereocenters. The van der Waals surface area contributed by atoms with Crippen molar-refractivity contribution in [1.82, 2.24) is 0 Å². The Balaban J connectivity index is 1.93. The number of fused-ring (bicyclic) bond motifs is 1. The van der Waals surface area contributed by atoms with Crippen molar-refractivity contribution in [2.24, 2.45) is 0 Å². The number of benzene rings is 3. The molecule has 3 nitrogen and oxygen atoms in total. The Morgan fingerprint density at radius 3 is 1.88 bits per heavy atom. The first-order valence-electron chi connectivity index (χ1n) is 8.63. The minimum atomic E-state index is -1.43. The van der Waals surface area contributed by atoms with Gasteiger partial charge in [-0.25, -0.2) is 0 Å². The second kappa shape index (κ2) is 5.95. The molecule has 1 aliphatic carbocycles. The van der Waals surface area contributed by atoms with E-state index >= 15 is 0 Å². The third-order valence-corrected chi connectivity index (χ3v) is 5.01. The molecule has 1 N–H and O–H groups in total. The summed E-state index contributed by atoms with van der Waals surface area (Å²) in [4.78, 5) is 26.9. The second-order valence-corrected chi connectivity index (χ2v) is 6.76. The maximum absolute atomic E-state index is 13.4. The minimum absolute atomic E-state index is 0.204. The van der Waals surface area contributed by atoms with Gasteiger partial charge in [0, 0.05) is 16.8 Å². The Labute approximate surface area is 152 Å². The van der Waals surface area contributed by atoms with Crippen LogP contribution in [0.3, 0.4) is 0 Å². The normalized spacial score (nSPS) is 15.0. The summed E-state index contributed by atoms with van der Waals surface area (Å²) in [5.74, 6) is -0.409. The summed E-state index contributed by atoms with van der Waals surface area (Å²) in [6, 6.07) is 22.2. The van der Waals surface area contributed by atoms with Crippen molar-refractivity contribution >= 4 is 17.3 Å². The Morgan fingerprint density at radius 1 is 0.731 bits per heavy atom. The van der Waals surface area contributed by atoms with Gasteiger partial charge in [0.05, 0.1) is 0 Å². The summed E-state index contributed by atoms with van der Waals surface area (Å²) in [5.41, 5.74) is 3.09. The topological polar surface area (TPSA) is 46.2 Å². The van der Waals surface area contributed by atoms with Gasteiger partial charge in [-0.2, -0.15) is 0 Å². The van der Waals surface area contributed by atoms with Gasteiger partial charge < -0.3 is 5.32 Å². The summed E-state index contributed by atoms with van der Waals surface area (Å²) in [6.07, 6.45) is 0. The van der Waals surface area contributed by atoms with Crippen LogP contribution in [-0.4, -0.2) is 11.6 Å². The van der Waals surface area contributed by atoms with Crippen molar-refractivity contribution in [1.29, 1.82) is 0 Å². The van der Waals surface area contributed by atoms with Crippen molar-refractivity contribution in [3.05, 3.63) is 101 Å². The predicted octanol–water partition coefficient (Wildman–Crippen LogP) is 4.69. The van der Waals surface area contributed by atoms with E-state index in [9.17, 15) is 9.59 Å². The summed E-state index contributed by atoms with van der Waals surface area (Å²) >= 11 is 0. The number of hydrogen-bond acceptors (Lipinski definition) is 3. The molecule has 0 spiro atoms. The Morgan fingerprint density at radius 2 is 1.31 bits per heavy atom. The molecule has 0 aromatic heterocycles. The van der Waals surface area contributed by atoms with Crippen LogP contribution in [0.5, 0.6) is 0 Å². The largest absolute Gasteiger partial charge is 0.362 e. The first-order valence-corrected chi connectivity index (χ1v) is 8.63. The third-order valence-electron chi connectivity index (χ3n) is 5.01. The van der Waals surface area contributed by atoms with Gasteiger partial charge in [-0.15, -0.1) is 0 Å². The molecule has 128 valence electrons. The van der Waals surface area contributed by atoms with E-state index < -0.39 is 5.54 Å². The molecule has 0 fully saturated rings. The van der Waals surface area contributed by atoms with Gasteiger partial charge in [-0.1, -0.05) is 72.3 Å². The van der Waals surface area contributed by atoms with E-state index in [4.69, 9.17) is 0 Å². The Kier molecular flexibility index (Phi) is 3.73. The fourth-order valence-corrected chi connectivity index (χ4v) is 3.68. The van der Waals surface area contributed by atoms with Gasteiger partial charge in [0.15, 0.2) is 5.54 Å². The molecule has 0 heterocycles. The Hall–Kier alpha value is -3.20. The highest BCUT2D eigenvalue weighted by atomic mass is 16.2. The minimum Gasteiger partial charge on any atom is -0.362 e. The van der Waals surface area contributed by atoms with Crippen LogP contribution >= 0.6 is 0 Å². The molecule has 1 aliphatic rings. The zero-order valence-corrected chi connectivity index (χ0v) is 14.7. The maximum Gasteiger partial charge on any atom is 0.201 e. The lowest BCUT2D eigenvalue weighted by Crippen LogP contribution is -2.46. The monoisotopic (exact) mass is 341 g/mol. The van der Waals surface area contributed by atoms with Crippen LogP contribution in [-0.2, 0) is 5.54 Å². The molecule has 3 aromatic carbocycles. The summed E-state index contributed by atoms with van der Waals surface area (Å²) in [5, 5.41) is 3.31. The molecular weight excluding hydrogens is 322 g/mol. The van der Waals surface area contributed by atoms with Crippen molar-refractivity contribution < 1.29 is 9.59 Å². The third kappa shape index (κ3) is 2.28. The zero-order valence-electron chi connectivity index (χ0n) is 14.7. The Bertz CT molecular complexity index is 986. The molecule has 0 aliphatic heterocycles. The molecule has 0 unspecified atom stereocenters. The standard InChI is InChI=1S/C23H19NO2/c1-15-12-13-20(16(2)14-15)24-23(17-8-4-3-5-9-17)21(25)18-10-6-7-11-19(18)22(23)26/h3-14,24H,1-2H3. The van der Waals surface area contributed by atoms with Crippen LogP contribution in [0, 0.1) is 13.8 Å². The fourth-order valence-electron chi connectivity index (χ4n) is 3.68. The van der Waals surface area contributed by atoms with Gasteiger partial charge in [-0.3, -0.25) is 9.59 Å². The summed E-state index contributed by atoms with van der Waals surface area (Å²) in [6.45, 7) is 4.00. The van der Waals surface area contributed by atoms with E-state index in [1.54, 1.807) is 24.3 Å². The molecule has 0 saturated heterocycles. The number of nitrogens with one attached hydrogen (secondary N) is 1. The number of ketones is 2. The smallest absolute Gasteiger partial charge is 0.201 e. The first-order chi connectivity index (χ1) is 12.5. The van der Waals surface area contributed by atoms with Gasteiger partial charge >= 0.3 is 0 Å². The molecule has 0 radical (unpaired) electrons. The van der Waals surface area contributed by atoms with Crippen molar-refractivity contribution in [3.63, 3.8) is 0 Å². The van der Waals surface area contributed by atoms with E-state index in [1.807, 2.05) is 62.4 Å². The van der Waals surface area contributed by atoms with Crippen LogP contribution in [0.15, 0.2) is 72.8 Å². The molecule has 4 rings (SSSR count). The SMILES string of the molecule is Cc1ccc(NC2(c3ccccc3)C(=O)c3ccccc3C2=O)c(C)c1. The van der Waals surface area contributed by atoms with Gasteiger partial charge in [0.2, 0.25) is 11.6 Å². The highest BCUT2D eigenvalue weighted by Crippen LogP contribution is 2.41. The number of hydrogen-bond donors (Lipinski definition) is 1. The lowest BCUT2D eigenvalue weighted by Gasteiger charge is -2.30. The van der Waals surface area contributed by atoms with Gasteiger partial charge in [0.25, 0.3) is 0 Å². The zero-order chi connectivity index (χ0) is 18.3. The number of carbonyl (C=O) groups is 2. The number of Topliss-reactive ketones (excluding diaryl/α,β-unsaturated/α-hetero) is 2. The molecule has 3 aromatic rings. The van der Waals surface area contributed by atoms with Crippen LogP contribution < -0.4 is 5.32 Å². The van der Waals surface area contributed by atoms with E-state index in [-0.39, 0.29) is 11.6 Å². The highest BCUT2D eigenvalue weighted by Gasteiger charge is 2.54. The van der Waals surface area contributed by atoms with E-state index in [2.05, 4.69) is 5.32 Å². The fraction of sp³-hybridized carbons (Fsp3) is 0.130. The van der Waals surface area contributed by atoms with Gasteiger partial charge in [-0.05, 0) is 31.0 Å². The second-order valence-electron chi connectivity index (χ2n) is 6.76. The molecule has 0 amide bonds. The molecule has 26 heavy (non-hydrogen) atoms. The van der Waals surface area contributed by atoms with E-state index in [1.165, 1.54) is 0 Å². The van der Waals surface area contributed by atoms with Crippen LogP contribution in [0.1, 0.15) is 37.4 Å². The summed E-state index contributed by atoms with van der Waals surface area (Å²) < 4.78 is 0. The van der Waals surface area contributed by atoms with Crippen LogP contribution in [0.4, 0.5) is 5.69 Å². The maximum atomic E-state index is 13.4. The molecule has 3 heteroatoms. The molecule has 0 bridgehead atoms. The quantitative estimate of drug-likeness (QED) is 0.703. The van der Waals surface area contributed by atoms with Crippen LogP contribution in [0.2, 0.25) is 0 Å². The average Bonchev–Trinajstić information content (AvgIpc) is 2.88. The average molecular weight is 341 g/mol. The highest BCUT2D eigenvalue weighted by molar-refractivity contribution is 6.34. The number of anilines is 1. The van der Waals surface area contributed by atoms with Crippen LogP contribution in [0.25, 0.3) is 0 Å². The first kappa shape index (κ1) is 16.3. The summed E-state index contributed by atoms with van der Waals surface area (Å²) in [7, 11) is 0. The molecular formula is C23H19NO2.